The van der Waals surface area contributed by atoms with E-state index in [1.54, 1.807) is 11.8 Å². The van der Waals surface area contributed by atoms with Crippen LogP contribution in [0.1, 0.15) is 6.92 Å². The first-order valence-corrected chi connectivity index (χ1v) is 7.85. The molecule has 0 bridgehead atoms. The maximum absolute atomic E-state index is 4.75. The summed E-state index contributed by atoms with van der Waals surface area (Å²) in [6, 6.07) is 20.7. The fraction of sp³-hybridized carbons (Fsp3) is 0.188. The van der Waals surface area contributed by atoms with Gasteiger partial charge in [-0.1, -0.05) is 48.2 Å². The second kappa shape index (κ2) is 5.59. The molecule has 1 aliphatic rings. The van der Waals surface area contributed by atoms with Crippen molar-refractivity contribution in [1.82, 2.24) is 0 Å². The van der Waals surface area contributed by atoms with E-state index in [0.29, 0.717) is 0 Å². The van der Waals surface area contributed by atoms with Crippen LogP contribution < -0.4 is 9.91 Å². The number of hydrogen-bond acceptors (Lipinski definition) is 4. The van der Waals surface area contributed by atoms with Crippen LogP contribution in [-0.4, -0.2) is 17.6 Å². The summed E-state index contributed by atoms with van der Waals surface area (Å²) in [4.78, 5) is 2.26. The second-order valence-electron chi connectivity index (χ2n) is 4.60. The lowest BCUT2D eigenvalue weighted by Gasteiger charge is -2.28. The summed E-state index contributed by atoms with van der Waals surface area (Å²) in [6.45, 7) is 2.17. The molecule has 102 valence electrons. The third-order valence-corrected chi connectivity index (χ3v) is 4.01. The molecule has 1 aliphatic heterocycles. The van der Waals surface area contributed by atoms with Crippen LogP contribution in [0.3, 0.4) is 0 Å². The zero-order valence-electron chi connectivity index (χ0n) is 11.6. The van der Waals surface area contributed by atoms with Crippen molar-refractivity contribution in [2.75, 3.05) is 16.2 Å². The highest BCUT2D eigenvalue weighted by Crippen LogP contribution is 2.31. The standard InChI is InChI=1S/C16H17N3S/c1-13-18(14-9-5-3-6-10-14)16(20-2)17-19(13)15-11-7-4-8-12-15/h3-13H,1-2H3. The van der Waals surface area contributed by atoms with Gasteiger partial charge in [-0.25, -0.2) is 5.01 Å². The highest BCUT2D eigenvalue weighted by molar-refractivity contribution is 8.13. The van der Waals surface area contributed by atoms with E-state index in [0.717, 1.165) is 10.9 Å². The number of thioether (sulfide) groups is 1. The number of benzene rings is 2. The van der Waals surface area contributed by atoms with E-state index in [-0.39, 0.29) is 6.17 Å². The first-order valence-electron chi connectivity index (χ1n) is 6.62. The Morgan fingerprint density at radius 2 is 1.45 bits per heavy atom. The molecule has 0 radical (unpaired) electrons. The van der Waals surface area contributed by atoms with Crippen LogP contribution in [0.5, 0.6) is 0 Å². The number of rotatable bonds is 2. The normalized spacial score (nSPS) is 18.3. The maximum atomic E-state index is 4.75. The minimum Gasteiger partial charge on any atom is -0.297 e. The summed E-state index contributed by atoms with van der Waals surface area (Å²) in [7, 11) is 0. The molecule has 0 fully saturated rings. The average molecular weight is 283 g/mol. The van der Waals surface area contributed by atoms with Crippen LogP contribution in [0.4, 0.5) is 11.4 Å². The van der Waals surface area contributed by atoms with Gasteiger partial charge < -0.3 is 0 Å². The minimum atomic E-state index is 0.169. The van der Waals surface area contributed by atoms with Crippen LogP contribution in [0.2, 0.25) is 0 Å². The molecule has 0 N–H and O–H groups in total. The maximum Gasteiger partial charge on any atom is 0.189 e. The molecule has 4 heteroatoms. The summed E-state index contributed by atoms with van der Waals surface area (Å²) in [6.07, 6.45) is 2.23. The van der Waals surface area contributed by atoms with E-state index < -0.39 is 0 Å². The number of anilines is 2. The fourth-order valence-corrected chi connectivity index (χ4v) is 3.03. The van der Waals surface area contributed by atoms with E-state index in [4.69, 9.17) is 5.10 Å². The van der Waals surface area contributed by atoms with Crippen LogP contribution in [0, 0.1) is 0 Å². The van der Waals surface area contributed by atoms with Crippen LogP contribution in [0.25, 0.3) is 0 Å². The zero-order chi connectivity index (χ0) is 13.9. The molecule has 0 aromatic heterocycles. The number of nitrogens with zero attached hydrogens (tertiary/aromatic N) is 3. The van der Waals surface area contributed by atoms with E-state index in [9.17, 15) is 0 Å². The van der Waals surface area contributed by atoms with Crippen molar-refractivity contribution in [3.63, 3.8) is 0 Å². The van der Waals surface area contributed by atoms with Crippen molar-refractivity contribution in [2.45, 2.75) is 13.1 Å². The van der Waals surface area contributed by atoms with E-state index >= 15 is 0 Å². The van der Waals surface area contributed by atoms with Gasteiger partial charge in [0.15, 0.2) is 5.17 Å². The molecule has 2 aromatic carbocycles. The number of hydrogen-bond donors (Lipinski definition) is 0. The highest BCUT2D eigenvalue weighted by atomic mass is 32.2. The smallest absolute Gasteiger partial charge is 0.189 e. The van der Waals surface area contributed by atoms with Gasteiger partial charge in [0.05, 0.1) is 5.69 Å². The molecule has 0 saturated carbocycles. The van der Waals surface area contributed by atoms with Crippen molar-refractivity contribution in [2.24, 2.45) is 5.10 Å². The predicted molar refractivity (Wildman–Crippen MR) is 88.3 cm³/mol. The Morgan fingerprint density at radius 3 is 2.00 bits per heavy atom. The summed E-state index contributed by atoms with van der Waals surface area (Å²) in [5.74, 6) is 0. The van der Waals surface area contributed by atoms with Gasteiger partial charge in [-0.15, -0.1) is 5.10 Å². The molecule has 1 unspecified atom stereocenters. The molecular formula is C16H17N3S. The predicted octanol–water partition coefficient (Wildman–Crippen LogP) is 3.99. The Hall–Kier alpha value is -1.94. The molecule has 0 amide bonds. The van der Waals surface area contributed by atoms with Crippen LogP contribution >= 0.6 is 11.8 Å². The van der Waals surface area contributed by atoms with Gasteiger partial charge in [0.1, 0.15) is 6.17 Å². The summed E-state index contributed by atoms with van der Waals surface area (Å²) in [5, 5.41) is 7.84. The molecule has 20 heavy (non-hydrogen) atoms. The quantitative estimate of drug-likeness (QED) is 0.830. The number of para-hydroxylation sites is 2. The molecule has 3 rings (SSSR count). The summed E-state index contributed by atoms with van der Waals surface area (Å²) < 4.78 is 0. The largest absolute Gasteiger partial charge is 0.297 e. The molecule has 1 heterocycles. The summed E-state index contributed by atoms with van der Waals surface area (Å²) >= 11 is 1.67. The SMILES string of the molecule is CSC1=NN(c2ccccc2)C(C)N1c1ccccc1. The van der Waals surface area contributed by atoms with Crippen LogP contribution in [0.15, 0.2) is 65.8 Å². The van der Waals surface area contributed by atoms with E-state index in [2.05, 4.69) is 59.5 Å². The second-order valence-corrected chi connectivity index (χ2v) is 5.38. The molecule has 2 aromatic rings. The van der Waals surface area contributed by atoms with Gasteiger partial charge >= 0.3 is 0 Å². The Bertz CT molecular complexity index is 598. The fourth-order valence-electron chi connectivity index (χ4n) is 2.40. The van der Waals surface area contributed by atoms with Gasteiger partial charge in [-0.05, 0) is 37.4 Å². The Kier molecular flexibility index (Phi) is 3.65. The topological polar surface area (TPSA) is 18.8 Å². The highest BCUT2D eigenvalue weighted by Gasteiger charge is 2.32. The van der Waals surface area contributed by atoms with Crippen LogP contribution in [-0.2, 0) is 0 Å². The van der Waals surface area contributed by atoms with Gasteiger partial charge in [0.2, 0.25) is 0 Å². The monoisotopic (exact) mass is 283 g/mol. The van der Waals surface area contributed by atoms with Gasteiger partial charge in [0.25, 0.3) is 0 Å². The van der Waals surface area contributed by atoms with Crippen molar-refractivity contribution >= 4 is 28.3 Å². The molecule has 0 spiro atoms. The Morgan fingerprint density at radius 1 is 0.900 bits per heavy atom. The molecule has 3 nitrogen and oxygen atoms in total. The zero-order valence-corrected chi connectivity index (χ0v) is 12.4. The summed E-state index contributed by atoms with van der Waals surface area (Å²) in [5.41, 5.74) is 2.29. The van der Waals surface area contributed by atoms with Gasteiger partial charge in [-0.3, -0.25) is 4.90 Å². The third kappa shape index (κ3) is 2.27. The van der Waals surface area contributed by atoms with E-state index in [1.165, 1.54) is 5.69 Å². The third-order valence-electron chi connectivity index (χ3n) is 3.36. The first kappa shape index (κ1) is 13.1. The Balaban J connectivity index is 1.97. The molecule has 0 aliphatic carbocycles. The molecule has 1 atom stereocenters. The number of hydrazone groups is 1. The lowest BCUT2D eigenvalue weighted by molar-refractivity contribution is 0.718. The van der Waals surface area contributed by atoms with Crippen molar-refractivity contribution < 1.29 is 0 Å². The first-order chi connectivity index (χ1) is 9.81. The number of amidine groups is 1. The van der Waals surface area contributed by atoms with Crippen molar-refractivity contribution in [3.8, 4) is 0 Å². The van der Waals surface area contributed by atoms with Crippen molar-refractivity contribution in [1.29, 1.82) is 0 Å². The van der Waals surface area contributed by atoms with E-state index in [1.807, 2.05) is 24.3 Å². The Labute approximate surface area is 123 Å². The van der Waals surface area contributed by atoms with Gasteiger partial charge in [0, 0.05) is 5.69 Å². The average Bonchev–Trinajstić information content (AvgIpc) is 2.86. The minimum absolute atomic E-state index is 0.169. The lowest BCUT2D eigenvalue weighted by Crippen LogP contribution is -2.39. The molecular weight excluding hydrogens is 266 g/mol. The van der Waals surface area contributed by atoms with Crippen molar-refractivity contribution in [3.05, 3.63) is 60.7 Å². The van der Waals surface area contributed by atoms with Gasteiger partial charge in [-0.2, -0.15) is 0 Å². The molecule has 0 saturated heterocycles. The lowest BCUT2D eigenvalue weighted by atomic mass is 10.2.